The van der Waals surface area contributed by atoms with Gasteiger partial charge in [-0.1, -0.05) is 0 Å². The van der Waals surface area contributed by atoms with E-state index in [1.165, 1.54) is 0 Å². The van der Waals surface area contributed by atoms with E-state index in [-0.39, 0.29) is 24.0 Å². The predicted molar refractivity (Wildman–Crippen MR) is 96.6 cm³/mol. The first-order valence-electron chi connectivity index (χ1n) is 7.16. The van der Waals surface area contributed by atoms with Crippen molar-refractivity contribution in [2.75, 3.05) is 13.1 Å². The molecule has 0 saturated heterocycles. The van der Waals surface area contributed by atoms with Crippen LogP contribution in [0.3, 0.4) is 0 Å². The molecule has 0 aliphatic rings. The molecular weight excluding hydrogens is 395 g/mol. The zero-order valence-corrected chi connectivity index (χ0v) is 15.5. The van der Waals surface area contributed by atoms with Crippen LogP contribution in [0, 0.1) is 13.8 Å². The summed E-state index contributed by atoms with van der Waals surface area (Å²) in [6, 6.07) is 3.85. The summed E-state index contributed by atoms with van der Waals surface area (Å²) in [4.78, 5) is 8.78. The average molecular weight is 418 g/mol. The van der Waals surface area contributed by atoms with E-state index in [9.17, 15) is 0 Å². The summed E-state index contributed by atoms with van der Waals surface area (Å²) in [6.45, 7) is 7.84. The Bertz CT molecular complexity index is 559. The summed E-state index contributed by atoms with van der Waals surface area (Å²) < 4.78 is 10.8. The number of nitrogens with one attached hydrogen (secondary N) is 2. The third-order valence-electron chi connectivity index (χ3n) is 3.03. The number of nitrogens with zero attached hydrogens (tertiary/aromatic N) is 2. The number of rotatable bonds is 6. The second-order valence-electron chi connectivity index (χ2n) is 4.70. The predicted octanol–water partition coefficient (Wildman–Crippen LogP) is 2.80. The van der Waals surface area contributed by atoms with Crippen molar-refractivity contribution < 1.29 is 8.83 Å². The molecule has 0 fully saturated rings. The maximum atomic E-state index is 5.52. The van der Waals surface area contributed by atoms with Gasteiger partial charge in [0.1, 0.15) is 18.1 Å². The summed E-state index contributed by atoms with van der Waals surface area (Å²) in [5, 5.41) is 6.45. The minimum Gasteiger partial charge on any atom is -0.469 e. The molecule has 2 aromatic rings. The first-order chi connectivity index (χ1) is 10.2. The molecule has 0 bridgehead atoms. The number of guanidine groups is 1. The zero-order chi connectivity index (χ0) is 15.1. The van der Waals surface area contributed by atoms with Crippen LogP contribution in [0.15, 0.2) is 32.2 Å². The van der Waals surface area contributed by atoms with E-state index in [0.717, 1.165) is 42.7 Å². The molecule has 0 radical (unpaired) electrons. The highest BCUT2D eigenvalue weighted by Crippen LogP contribution is 2.08. The van der Waals surface area contributed by atoms with Crippen LogP contribution in [-0.2, 0) is 13.0 Å². The molecule has 0 saturated carbocycles. The van der Waals surface area contributed by atoms with Crippen molar-refractivity contribution in [1.82, 2.24) is 15.6 Å². The molecule has 0 amide bonds. The highest BCUT2D eigenvalue weighted by molar-refractivity contribution is 14.0. The fraction of sp³-hybridized carbons (Fsp3) is 0.467. The maximum Gasteiger partial charge on any atom is 0.216 e. The molecule has 6 nitrogen and oxygen atoms in total. The molecule has 2 rings (SSSR count). The second-order valence-corrected chi connectivity index (χ2v) is 4.70. The van der Waals surface area contributed by atoms with Gasteiger partial charge in [-0.25, -0.2) is 9.98 Å². The first-order valence-corrected chi connectivity index (χ1v) is 7.16. The van der Waals surface area contributed by atoms with E-state index in [1.54, 1.807) is 6.26 Å². The molecule has 0 atom stereocenters. The van der Waals surface area contributed by atoms with E-state index in [1.807, 2.05) is 32.9 Å². The molecule has 7 heteroatoms. The van der Waals surface area contributed by atoms with Gasteiger partial charge < -0.3 is 19.5 Å². The van der Waals surface area contributed by atoms with E-state index in [0.29, 0.717) is 12.4 Å². The summed E-state index contributed by atoms with van der Waals surface area (Å²) in [5.41, 5.74) is 0.913. The van der Waals surface area contributed by atoms with Crippen LogP contribution in [0.2, 0.25) is 0 Å². The summed E-state index contributed by atoms with van der Waals surface area (Å²) in [7, 11) is 0. The van der Waals surface area contributed by atoms with Gasteiger partial charge in [-0.05, 0) is 32.9 Å². The van der Waals surface area contributed by atoms with Crippen LogP contribution in [0.1, 0.15) is 30.0 Å². The Morgan fingerprint density at radius 2 is 2.14 bits per heavy atom. The van der Waals surface area contributed by atoms with Crippen LogP contribution in [0.5, 0.6) is 0 Å². The number of aryl methyl sites for hydroxylation is 2. The van der Waals surface area contributed by atoms with Gasteiger partial charge in [0.05, 0.1) is 12.0 Å². The lowest BCUT2D eigenvalue weighted by Crippen LogP contribution is -2.38. The van der Waals surface area contributed by atoms with Gasteiger partial charge in [0, 0.05) is 19.5 Å². The molecule has 22 heavy (non-hydrogen) atoms. The number of aliphatic imine (C=N–C) groups is 1. The van der Waals surface area contributed by atoms with Gasteiger partial charge in [-0.3, -0.25) is 0 Å². The maximum absolute atomic E-state index is 5.52. The number of furan rings is 1. The van der Waals surface area contributed by atoms with E-state index >= 15 is 0 Å². The van der Waals surface area contributed by atoms with Crippen molar-refractivity contribution in [3.8, 4) is 0 Å². The molecule has 0 aliphatic heterocycles. The number of hydrogen-bond donors (Lipinski definition) is 2. The van der Waals surface area contributed by atoms with Crippen LogP contribution in [0.25, 0.3) is 0 Å². The standard InChI is InChI=1S/C15H22N4O2.HI/c1-4-16-15(17-8-7-13-6-5-9-20-13)18-10-14-19-11(2)12(3)21-14;/h5-6,9H,4,7-8,10H2,1-3H3,(H2,16,17,18);1H. The molecular formula is C15H23IN4O2. The van der Waals surface area contributed by atoms with Gasteiger partial charge in [0.2, 0.25) is 5.89 Å². The fourth-order valence-corrected chi connectivity index (χ4v) is 1.85. The monoisotopic (exact) mass is 418 g/mol. The van der Waals surface area contributed by atoms with Crippen LogP contribution < -0.4 is 10.6 Å². The van der Waals surface area contributed by atoms with E-state index in [2.05, 4.69) is 20.6 Å². The normalized spacial score (nSPS) is 11.1. The minimum atomic E-state index is 0. The average Bonchev–Trinajstić information content (AvgIpc) is 3.07. The highest BCUT2D eigenvalue weighted by atomic mass is 127. The molecule has 0 unspecified atom stereocenters. The quantitative estimate of drug-likeness (QED) is 0.429. The van der Waals surface area contributed by atoms with Gasteiger partial charge in [0.25, 0.3) is 0 Å². The number of hydrogen-bond acceptors (Lipinski definition) is 4. The Hall–Kier alpha value is -1.51. The Labute approximate surface area is 147 Å². The van der Waals surface area contributed by atoms with Crippen molar-refractivity contribution in [2.45, 2.75) is 33.7 Å². The van der Waals surface area contributed by atoms with Crippen molar-refractivity contribution in [2.24, 2.45) is 4.99 Å². The van der Waals surface area contributed by atoms with Crippen molar-refractivity contribution in [3.63, 3.8) is 0 Å². The van der Waals surface area contributed by atoms with Crippen molar-refractivity contribution in [3.05, 3.63) is 41.5 Å². The highest BCUT2D eigenvalue weighted by Gasteiger charge is 2.05. The second kappa shape index (κ2) is 9.50. The minimum absolute atomic E-state index is 0. The lowest BCUT2D eigenvalue weighted by atomic mass is 10.3. The Morgan fingerprint density at radius 3 is 2.73 bits per heavy atom. The molecule has 122 valence electrons. The van der Waals surface area contributed by atoms with Crippen LogP contribution >= 0.6 is 24.0 Å². The third kappa shape index (κ3) is 5.70. The fourth-order valence-electron chi connectivity index (χ4n) is 1.85. The molecule has 0 aromatic carbocycles. The van der Waals surface area contributed by atoms with Crippen LogP contribution in [-0.4, -0.2) is 24.0 Å². The number of halogens is 1. The Balaban J connectivity index is 0.00000242. The summed E-state index contributed by atoms with van der Waals surface area (Å²) in [6.07, 6.45) is 2.50. The van der Waals surface area contributed by atoms with Gasteiger partial charge in [-0.2, -0.15) is 0 Å². The number of aromatic nitrogens is 1. The van der Waals surface area contributed by atoms with Gasteiger partial charge in [0.15, 0.2) is 5.96 Å². The third-order valence-corrected chi connectivity index (χ3v) is 3.03. The van der Waals surface area contributed by atoms with Gasteiger partial charge >= 0.3 is 0 Å². The molecule has 2 heterocycles. The molecule has 2 N–H and O–H groups in total. The molecule has 2 aromatic heterocycles. The van der Waals surface area contributed by atoms with E-state index in [4.69, 9.17) is 8.83 Å². The topological polar surface area (TPSA) is 75.6 Å². The zero-order valence-electron chi connectivity index (χ0n) is 13.2. The SMILES string of the molecule is CCNC(=NCc1nc(C)c(C)o1)NCCc1ccco1.I. The van der Waals surface area contributed by atoms with Crippen molar-refractivity contribution in [1.29, 1.82) is 0 Å². The molecule has 0 spiro atoms. The lowest BCUT2D eigenvalue weighted by molar-refractivity contribution is 0.472. The van der Waals surface area contributed by atoms with Crippen LogP contribution in [0.4, 0.5) is 0 Å². The van der Waals surface area contributed by atoms with Crippen molar-refractivity contribution >= 4 is 29.9 Å². The lowest BCUT2D eigenvalue weighted by Gasteiger charge is -2.09. The summed E-state index contributed by atoms with van der Waals surface area (Å²) >= 11 is 0. The smallest absolute Gasteiger partial charge is 0.216 e. The Morgan fingerprint density at radius 1 is 1.32 bits per heavy atom. The van der Waals surface area contributed by atoms with E-state index < -0.39 is 0 Å². The van der Waals surface area contributed by atoms with Gasteiger partial charge in [-0.15, -0.1) is 24.0 Å². The summed E-state index contributed by atoms with van der Waals surface area (Å²) in [5.74, 6) is 3.18. The molecule has 0 aliphatic carbocycles. The number of oxazole rings is 1. The Kier molecular flexibility index (Phi) is 8.00. The first kappa shape index (κ1) is 18.5. The largest absolute Gasteiger partial charge is 0.469 e.